The summed E-state index contributed by atoms with van der Waals surface area (Å²) in [4.78, 5) is 38.7. The fourth-order valence-corrected chi connectivity index (χ4v) is 4.51. The highest BCUT2D eigenvalue weighted by molar-refractivity contribution is 6.09. The van der Waals surface area contributed by atoms with Crippen molar-refractivity contribution in [1.29, 1.82) is 5.26 Å². The van der Waals surface area contributed by atoms with Gasteiger partial charge in [0.1, 0.15) is 17.6 Å². The maximum absolute atomic E-state index is 12.9. The molecule has 3 fully saturated rings. The average Bonchev–Trinajstić information content (AvgIpc) is 2.83. The SMILES string of the molecule is C[C@@H]1CCCC[C@]12NC(=O)N(CC(=O)NC1(C#N)CCCCC1)C2=O. The molecular weight excluding hydrogens is 320 g/mol. The third-order valence-corrected chi connectivity index (χ3v) is 6.10. The van der Waals surface area contributed by atoms with Crippen molar-refractivity contribution in [3.8, 4) is 6.07 Å². The molecule has 136 valence electrons. The first-order valence-electron chi connectivity index (χ1n) is 9.29. The van der Waals surface area contributed by atoms with Crippen LogP contribution in [0.2, 0.25) is 0 Å². The van der Waals surface area contributed by atoms with Gasteiger partial charge in [0, 0.05) is 0 Å². The van der Waals surface area contributed by atoms with Gasteiger partial charge in [0.05, 0.1) is 6.07 Å². The number of nitrogens with zero attached hydrogens (tertiary/aromatic N) is 2. The minimum atomic E-state index is -0.857. The van der Waals surface area contributed by atoms with Crippen LogP contribution >= 0.6 is 0 Å². The third kappa shape index (κ3) is 3.10. The lowest BCUT2D eigenvalue weighted by Crippen LogP contribution is -2.55. The highest BCUT2D eigenvalue weighted by Gasteiger charge is 2.55. The molecule has 7 nitrogen and oxygen atoms in total. The van der Waals surface area contributed by atoms with E-state index in [2.05, 4.69) is 16.7 Å². The number of rotatable bonds is 3. The molecule has 1 aliphatic heterocycles. The number of amides is 4. The molecule has 2 saturated carbocycles. The fourth-order valence-electron chi connectivity index (χ4n) is 4.51. The quantitative estimate of drug-likeness (QED) is 0.761. The van der Waals surface area contributed by atoms with Gasteiger partial charge in [0.2, 0.25) is 5.91 Å². The second-order valence-electron chi connectivity index (χ2n) is 7.74. The molecule has 1 heterocycles. The summed E-state index contributed by atoms with van der Waals surface area (Å²) in [5, 5.41) is 15.1. The second kappa shape index (κ2) is 6.66. The lowest BCUT2D eigenvalue weighted by molar-refractivity contribution is -0.137. The molecule has 2 aliphatic carbocycles. The Kier molecular flexibility index (Phi) is 4.72. The largest absolute Gasteiger partial charge is 0.336 e. The third-order valence-electron chi connectivity index (χ3n) is 6.10. The van der Waals surface area contributed by atoms with Crippen LogP contribution in [0.15, 0.2) is 0 Å². The Bertz CT molecular complexity index is 620. The van der Waals surface area contributed by atoms with E-state index >= 15 is 0 Å². The topological polar surface area (TPSA) is 102 Å². The molecule has 3 aliphatic rings. The number of imide groups is 1. The van der Waals surface area contributed by atoms with Crippen molar-refractivity contribution < 1.29 is 14.4 Å². The molecule has 1 saturated heterocycles. The fraction of sp³-hybridized carbons (Fsp3) is 0.778. The van der Waals surface area contributed by atoms with Crippen molar-refractivity contribution in [2.75, 3.05) is 6.54 Å². The van der Waals surface area contributed by atoms with E-state index in [1.807, 2.05) is 6.92 Å². The Morgan fingerprint density at radius 3 is 2.56 bits per heavy atom. The molecule has 0 aromatic rings. The average molecular weight is 346 g/mol. The van der Waals surface area contributed by atoms with Gasteiger partial charge >= 0.3 is 6.03 Å². The van der Waals surface area contributed by atoms with Crippen LogP contribution in [0.1, 0.15) is 64.7 Å². The van der Waals surface area contributed by atoms with Crippen LogP contribution < -0.4 is 10.6 Å². The Hall–Kier alpha value is -2.10. The van der Waals surface area contributed by atoms with Gasteiger partial charge < -0.3 is 10.6 Å². The normalized spacial score (nSPS) is 31.5. The summed E-state index contributed by atoms with van der Waals surface area (Å²) >= 11 is 0. The number of hydrogen-bond donors (Lipinski definition) is 2. The molecule has 0 bridgehead atoms. The summed E-state index contributed by atoms with van der Waals surface area (Å²) in [6.07, 6.45) is 7.57. The summed E-state index contributed by atoms with van der Waals surface area (Å²) in [5.41, 5.74) is -1.71. The standard InChI is InChI=1S/C18H26N4O3/c1-13-7-3-6-10-18(13)15(24)22(16(25)21-18)11-14(23)20-17(12-19)8-4-2-5-9-17/h13H,2-11H2,1H3,(H,20,23)(H,21,25)/t13-,18+/m1/s1. The zero-order valence-corrected chi connectivity index (χ0v) is 14.8. The lowest BCUT2D eigenvalue weighted by atomic mass is 9.73. The number of carbonyl (C=O) groups is 3. The van der Waals surface area contributed by atoms with Crippen LogP contribution in [0.5, 0.6) is 0 Å². The van der Waals surface area contributed by atoms with Gasteiger partial charge in [0.15, 0.2) is 0 Å². The van der Waals surface area contributed by atoms with Crippen LogP contribution in [-0.4, -0.2) is 40.4 Å². The predicted molar refractivity (Wildman–Crippen MR) is 90.2 cm³/mol. The van der Waals surface area contributed by atoms with E-state index in [4.69, 9.17) is 0 Å². The first kappa shape index (κ1) is 17.7. The molecule has 0 unspecified atom stereocenters. The van der Waals surface area contributed by atoms with Gasteiger partial charge in [-0.15, -0.1) is 0 Å². The maximum Gasteiger partial charge on any atom is 0.325 e. The summed E-state index contributed by atoms with van der Waals surface area (Å²) < 4.78 is 0. The summed E-state index contributed by atoms with van der Waals surface area (Å²) in [6, 6.07) is 1.73. The van der Waals surface area contributed by atoms with Gasteiger partial charge in [-0.05, 0) is 31.6 Å². The maximum atomic E-state index is 12.9. The van der Waals surface area contributed by atoms with Crippen LogP contribution in [0.4, 0.5) is 4.79 Å². The predicted octanol–water partition coefficient (Wildman–Crippen LogP) is 1.83. The van der Waals surface area contributed by atoms with Crippen molar-refractivity contribution in [3.05, 3.63) is 0 Å². The summed E-state index contributed by atoms with van der Waals surface area (Å²) in [7, 11) is 0. The first-order valence-corrected chi connectivity index (χ1v) is 9.29. The molecule has 2 N–H and O–H groups in total. The van der Waals surface area contributed by atoms with Crippen molar-refractivity contribution >= 4 is 17.8 Å². The van der Waals surface area contributed by atoms with Crippen molar-refractivity contribution in [2.24, 2.45) is 5.92 Å². The zero-order chi connectivity index (χ0) is 18.1. The van der Waals surface area contributed by atoms with Crippen molar-refractivity contribution in [3.63, 3.8) is 0 Å². The van der Waals surface area contributed by atoms with Gasteiger partial charge in [0.25, 0.3) is 5.91 Å². The number of nitrogens with one attached hydrogen (secondary N) is 2. The Labute approximate surface area is 148 Å². The number of hydrogen-bond acceptors (Lipinski definition) is 4. The molecule has 0 aromatic heterocycles. The molecule has 0 aromatic carbocycles. The van der Waals surface area contributed by atoms with E-state index in [9.17, 15) is 19.6 Å². The first-order chi connectivity index (χ1) is 11.9. The molecule has 0 radical (unpaired) electrons. The Morgan fingerprint density at radius 1 is 1.24 bits per heavy atom. The minimum Gasteiger partial charge on any atom is -0.336 e. The molecule has 2 atom stereocenters. The summed E-state index contributed by atoms with van der Waals surface area (Å²) in [5.74, 6) is -0.670. The van der Waals surface area contributed by atoms with Gasteiger partial charge in [-0.25, -0.2) is 4.79 Å². The molecule has 4 amide bonds. The molecule has 7 heteroatoms. The Morgan fingerprint density at radius 2 is 1.92 bits per heavy atom. The number of carbonyl (C=O) groups excluding carboxylic acids is 3. The van der Waals surface area contributed by atoms with E-state index < -0.39 is 23.0 Å². The second-order valence-corrected chi connectivity index (χ2v) is 7.74. The van der Waals surface area contributed by atoms with E-state index in [-0.39, 0.29) is 18.4 Å². The van der Waals surface area contributed by atoms with E-state index in [0.717, 1.165) is 43.4 Å². The zero-order valence-electron chi connectivity index (χ0n) is 14.8. The lowest BCUT2D eigenvalue weighted by Gasteiger charge is -2.37. The van der Waals surface area contributed by atoms with Crippen molar-refractivity contribution in [2.45, 2.75) is 75.8 Å². The van der Waals surface area contributed by atoms with Gasteiger partial charge in [-0.2, -0.15) is 5.26 Å². The monoisotopic (exact) mass is 346 g/mol. The van der Waals surface area contributed by atoms with Gasteiger partial charge in [-0.1, -0.05) is 39.0 Å². The number of urea groups is 1. The highest BCUT2D eigenvalue weighted by Crippen LogP contribution is 2.38. The minimum absolute atomic E-state index is 0.0644. The van der Waals surface area contributed by atoms with E-state index in [1.165, 1.54) is 0 Å². The molecule has 3 rings (SSSR count). The van der Waals surface area contributed by atoms with Crippen LogP contribution in [0, 0.1) is 17.2 Å². The smallest absolute Gasteiger partial charge is 0.325 e. The highest BCUT2D eigenvalue weighted by atomic mass is 16.2. The van der Waals surface area contributed by atoms with Crippen LogP contribution in [0.3, 0.4) is 0 Å². The number of nitriles is 1. The van der Waals surface area contributed by atoms with Crippen LogP contribution in [-0.2, 0) is 9.59 Å². The molecule has 25 heavy (non-hydrogen) atoms. The molecule has 1 spiro atoms. The molecular formula is C18H26N4O3. The van der Waals surface area contributed by atoms with Crippen molar-refractivity contribution in [1.82, 2.24) is 15.5 Å². The van der Waals surface area contributed by atoms with Crippen LogP contribution in [0.25, 0.3) is 0 Å². The van der Waals surface area contributed by atoms with E-state index in [1.54, 1.807) is 0 Å². The Balaban J connectivity index is 1.68. The summed E-state index contributed by atoms with van der Waals surface area (Å²) in [6.45, 7) is 1.66. The van der Waals surface area contributed by atoms with Gasteiger partial charge in [-0.3, -0.25) is 14.5 Å². The van der Waals surface area contributed by atoms with E-state index in [0.29, 0.717) is 19.3 Å².